The van der Waals surface area contributed by atoms with Crippen LogP contribution in [0.15, 0.2) is 18.2 Å². The highest BCUT2D eigenvalue weighted by Gasteiger charge is 2.22. The third-order valence-corrected chi connectivity index (χ3v) is 3.93. The number of methoxy groups -OCH3 is 1. The van der Waals surface area contributed by atoms with Crippen molar-refractivity contribution in [3.63, 3.8) is 0 Å². The number of ether oxygens (including phenoxy) is 1. The van der Waals surface area contributed by atoms with Gasteiger partial charge in [-0.15, -0.1) is 0 Å². The van der Waals surface area contributed by atoms with Crippen molar-refractivity contribution in [1.29, 1.82) is 0 Å². The summed E-state index contributed by atoms with van der Waals surface area (Å²) in [4.78, 5) is 0. The van der Waals surface area contributed by atoms with Crippen LogP contribution in [0.3, 0.4) is 0 Å². The third-order valence-electron chi connectivity index (χ3n) is 3.93. The monoisotopic (exact) mass is 287 g/mol. The topological polar surface area (TPSA) is 53.1 Å². The summed E-state index contributed by atoms with van der Waals surface area (Å²) >= 11 is 0. The number of benzene rings is 1. The Morgan fingerprint density at radius 2 is 2.10 bits per heavy atom. The maximum Gasteiger partial charge on any atom is 0.129 e. The number of rotatable bonds is 5. The first-order valence-electron chi connectivity index (χ1n) is 7.46. The van der Waals surface area contributed by atoms with Crippen LogP contribution in [0.1, 0.15) is 43.9 Å². The molecule has 0 aliphatic rings. The Morgan fingerprint density at radius 3 is 2.71 bits per heavy atom. The molecule has 1 aromatic carbocycles. The Morgan fingerprint density at radius 1 is 1.38 bits per heavy atom. The normalized spacial score (nSPS) is 12.4. The van der Waals surface area contributed by atoms with E-state index in [0.717, 1.165) is 35.4 Å². The molecule has 0 aliphatic carbocycles. The maximum atomic E-state index is 6.29. The second kappa shape index (κ2) is 6.20. The Hall–Kier alpha value is -1.97. The highest BCUT2D eigenvalue weighted by atomic mass is 16.5. The van der Waals surface area contributed by atoms with Crippen molar-refractivity contribution in [3.8, 4) is 16.9 Å². The van der Waals surface area contributed by atoms with Gasteiger partial charge in [-0.3, -0.25) is 4.68 Å². The molecule has 0 spiro atoms. The first-order valence-corrected chi connectivity index (χ1v) is 7.46. The molecule has 1 heterocycles. The zero-order valence-electron chi connectivity index (χ0n) is 13.6. The number of nitrogens with two attached hydrogens (primary N) is 1. The molecule has 21 heavy (non-hydrogen) atoms. The van der Waals surface area contributed by atoms with Gasteiger partial charge in [-0.1, -0.05) is 31.9 Å². The molecule has 0 amide bonds. The lowest BCUT2D eigenvalue weighted by atomic mass is 9.93. The van der Waals surface area contributed by atoms with E-state index < -0.39 is 0 Å². The third kappa shape index (κ3) is 2.89. The minimum Gasteiger partial charge on any atom is -0.496 e. The molecule has 0 fully saturated rings. The van der Waals surface area contributed by atoms with Crippen LogP contribution in [0.25, 0.3) is 11.1 Å². The summed E-state index contributed by atoms with van der Waals surface area (Å²) in [7, 11) is 3.58. The Bertz CT molecular complexity index is 631. The molecule has 2 N–H and O–H groups in total. The smallest absolute Gasteiger partial charge is 0.129 e. The van der Waals surface area contributed by atoms with Crippen LogP contribution < -0.4 is 10.5 Å². The molecule has 0 saturated heterocycles. The Labute approximate surface area is 126 Å². The molecule has 114 valence electrons. The quantitative estimate of drug-likeness (QED) is 0.907. The van der Waals surface area contributed by atoms with Gasteiger partial charge >= 0.3 is 0 Å². The van der Waals surface area contributed by atoms with Gasteiger partial charge in [0.25, 0.3) is 0 Å². The number of anilines is 1. The van der Waals surface area contributed by atoms with Gasteiger partial charge in [0.2, 0.25) is 0 Å². The van der Waals surface area contributed by atoms with E-state index in [0.29, 0.717) is 11.7 Å². The van der Waals surface area contributed by atoms with Crippen LogP contribution in [0, 0.1) is 6.92 Å². The first-order chi connectivity index (χ1) is 9.99. The van der Waals surface area contributed by atoms with E-state index in [1.165, 1.54) is 5.56 Å². The fourth-order valence-corrected chi connectivity index (χ4v) is 2.77. The zero-order valence-corrected chi connectivity index (χ0v) is 13.6. The van der Waals surface area contributed by atoms with E-state index in [4.69, 9.17) is 10.5 Å². The molecule has 4 nitrogen and oxygen atoms in total. The number of aromatic nitrogens is 2. The zero-order chi connectivity index (χ0) is 15.6. The largest absolute Gasteiger partial charge is 0.496 e. The lowest BCUT2D eigenvalue weighted by Crippen LogP contribution is -1.99. The SMILES string of the molecule is CCCC(C)c1nn(C)c(N)c1-c1cc(C)ccc1OC. The molecule has 0 bridgehead atoms. The minimum atomic E-state index is 0.374. The van der Waals surface area contributed by atoms with Gasteiger partial charge in [-0.25, -0.2) is 0 Å². The highest BCUT2D eigenvalue weighted by molar-refractivity contribution is 5.81. The summed E-state index contributed by atoms with van der Waals surface area (Å²) in [6.45, 7) is 6.47. The van der Waals surface area contributed by atoms with Crippen LogP contribution in [0.4, 0.5) is 5.82 Å². The van der Waals surface area contributed by atoms with Crippen molar-refractivity contribution in [2.75, 3.05) is 12.8 Å². The molecule has 4 heteroatoms. The molecule has 0 aliphatic heterocycles. The van der Waals surface area contributed by atoms with Crippen molar-refractivity contribution in [3.05, 3.63) is 29.5 Å². The molecular weight excluding hydrogens is 262 g/mol. The van der Waals surface area contributed by atoms with Crippen molar-refractivity contribution >= 4 is 5.82 Å². The summed E-state index contributed by atoms with van der Waals surface area (Å²) in [6, 6.07) is 6.16. The fraction of sp³-hybridized carbons (Fsp3) is 0.471. The van der Waals surface area contributed by atoms with E-state index in [9.17, 15) is 0 Å². The van der Waals surface area contributed by atoms with Gasteiger partial charge in [0.1, 0.15) is 11.6 Å². The predicted octanol–water partition coefficient (Wildman–Crippen LogP) is 3.89. The number of hydrogen-bond donors (Lipinski definition) is 1. The van der Waals surface area contributed by atoms with E-state index >= 15 is 0 Å². The predicted molar refractivity (Wildman–Crippen MR) is 87.7 cm³/mol. The van der Waals surface area contributed by atoms with Crippen LogP contribution in [0.2, 0.25) is 0 Å². The lowest BCUT2D eigenvalue weighted by molar-refractivity contribution is 0.416. The molecule has 0 saturated carbocycles. The van der Waals surface area contributed by atoms with Crippen LogP contribution in [-0.2, 0) is 7.05 Å². The van der Waals surface area contributed by atoms with Crippen molar-refractivity contribution < 1.29 is 4.74 Å². The second-order valence-corrected chi connectivity index (χ2v) is 5.66. The summed E-state index contributed by atoms with van der Waals surface area (Å²) in [5.74, 6) is 1.90. The van der Waals surface area contributed by atoms with Crippen molar-refractivity contribution in [2.24, 2.45) is 7.05 Å². The molecule has 2 aromatic rings. The standard InChI is InChI=1S/C17H25N3O/c1-6-7-12(3)16-15(17(18)20(4)19-16)13-10-11(2)8-9-14(13)21-5/h8-10,12H,6-7,18H2,1-5H3. The number of hydrogen-bond acceptors (Lipinski definition) is 3. The van der Waals surface area contributed by atoms with Gasteiger partial charge in [-0.05, 0) is 25.5 Å². The summed E-state index contributed by atoms with van der Waals surface area (Å²) in [5.41, 5.74) is 10.6. The average Bonchev–Trinajstić information content (AvgIpc) is 2.75. The van der Waals surface area contributed by atoms with Gasteiger partial charge in [-0.2, -0.15) is 5.10 Å². The molecule has 0 radical (unpaired) electrons. The summed E-state index contributed by atoms with van der Waals surface area (Å²) < 4.78 is 7.28. The molecule has 1 unspecified atom stereocenters. The van der Waals surface area contributed by atoms with Crippen LogP contribution in [-0.4, -0.2) is 16.9 Å². The second-order valence-electron chi connectivity index (χ2n) is 5.66. The minimum absolute atomic E-state index is 0.374. The number of nitrogen functional groups attached to an aromatic ring is 1. The van der Waals surface area contributed by atoms with E-state index in [2.05, 4.69) is 31.9 Å². The molecule has 1 atom stereocenters. The lowest BCUT2D eigenvalue weighted by Gasteiger charge is -2.14. The number of nitrogens with zero attached hydrogens (tertiary/aromatic N) is 2. The highest BCUT2D eigenvalue weighted by Crippen LogP contribution is 2.40. The van der Waals surface area contributed by atoms with Crippen LogP contribution >= 0.6 is 0 Å². The fourth-order valence-electron chi connectivity index (χ4n) is 2.77. The van der Waals surface area contributed by atoms with Gasteiger partial charge < -0.3 is 10.5 Å². The van der Waals surface area contributed by atoms with Crippen molar-refractivity contribution in [2.45, 2.75) is 39.5 Å². The average molecular weight is 287 g/mol. The Balaban J connectivity index is 2.65. The Kier molecular flexibility index (Phi) is 4.56. The molecule has 1 aromatic heterocycles. The van der Waals surface area contributed by atoms with E-state index in [-0.39, 0.29) is 0 Å². The number of aryl methyl sites for hydroxylation is 2. The van der Waals surface area contributed by atoms with Gasteiger partial charge in [0.15, 0.2) is 0 Å². The van der Waals surface area contributed by atoms with E-state index in [1.54, 1.807) is 11.8 Å². The maximum absolute atomic E-state index is 6.29. The summed E-state index contributed by atoms with van der Waals surface area (Å²) in [5, 5.41) is 4.65. The van der Waals surface area contributed by atoms with Gasteiger partial charge in [0.05, 0.1) is 18.4 Å². The van der Waals surface area contributed by atoms with Crippen LogP contribution in [0.5, 0.6) is 5.75 Å². The van der Waals surface area contributed by atoms with Gasteiger partial charge in [0, 0.05) is 18.5 Å². The molecular formula is C17H25N3O. The van der Waals surface area contributed by atoms with Crippen molar-refractivity contribution in [1.82, 2.24) is 9.78 Å². The first kappa shape index (κ1) is 15.4. The molecule has 2 rings (SSSR count). The van der Waals surface area contributed by atoms with E-state index in [1.807, 2.05) is 19.2 Å². The summed E-state index contributed by atoms with van der Waals surface area (Å²) in [6.07, 6.45) is 2.22.